The fourth-order valence-corrected chi connectivity index (χ4v) is 2.66. The third-order valence-electron chi connectivity index (χ3n) is 4.23. The third-order valence-corrected chi connectivity index (χ3v) is 4.23. The van der Waals surface area contributed by atoms with Crippen LogP contribution in [0.3, 0.4) is 0 Å². The summed E-state index contributed by atoms with van der Waals surface area (Å²) in [7, 11) is 1.47. The fraction of sp³-hybridized carbons (Fsp3) is 0.0909. The molecule has 0 spiro atoms. The molecule has 0 aliphatic rings. The number of methoxy groups -OCH3 is 1. The molecule has 0 radical (unpaired) electrons. The fourth-order valence-electron chi connectivity index (χ4n) is 2.66. The van der Waals surface area contributed by atoms with Gasteiger partial charge in [-0.2, -0.15) is 0 Å². The first-order chi connectivity index (χ1) is 14.5. The van der Waals surface area contributed by atoms with Crippen LogP contribution in [-0.2, 0) is 6.61 Å². The summed E-state index contributed by atoms with van der Waals surface area (Å²) in [6.45, 7) is 0.241. The number of ether oxygens (including phenoxy) is 2. The van der Waals surface area contributed by atoms with Crippen molar-refractivity contribution < 1.29 is 24.3 Å². The number of para-hydroxylation sites is 1. The van der Waals surface area contributed by atoms with Gasteiger partial charge in [0.15, 0.2) is 0 Å². The number of aromatic carboxylic acids is 1. The number of benzene rings is 3. The van der Waals surface area contributed by atoms with E-state index in [2.05, 4.69) is 4.99 Å². The molecule has 0 amide bonds. The molecule has 0 saturated heterocycles. The first kappa shape index (κ1) is 20.5. The number of hydrogen-bond acceptors (Lipinski definition) is 6. The smallest absolute Gasteiger partial charge is 0.335 e. The van der Waals surface area contributed by atoms with Crippen molar-refractivity contribution in [3.8, 4) is 11.5 Å². The maximum absolute atomic E-state index is 11.0. The zero-order valence-electron chi connectivity index (χ0n) is 16.0. The molecule has 0 aliphatic carbocycles. The quantitative estimate of drug-likeness (QED) is 0.332. The Kier molecular flexibility index (Phi) is 6.39. The van der Waals surface area contributed by atoms with Crippen LogP contribution in [0.4, 0.5) is 11.4 Å². The molecule has 8 nitrogen and oxygen atoms in total. The van der Waals surface area contributed by atoms with Crippen molar-refractivity contribution in [1.82, 2.24) is 0 Å². The summed E-state index contributed by atoms with van der Waals surface area (Å²) in [6.07, 6.45) is 1.55. The molecule has 0 aliphatic heterocycles. The second kappa shape index (κ2) is 9.33. The van der Waals surface area contributed by atoms with Crippen molar-refractivity contribution >= 4 is 23.6 Å². The van der Waals surface area contributed by atoms with Gasteiger partial charge in [-0.05, 0) is 35.9 Å². The number of rotatable bonds is 8. The van der Waals surface area contributed by atoms with E-state index < -0.39 is 10.9 Å². The summed E-state index contributed by atoms with van der Waals surface area (Å²) in [5, 5.41) is 20.0. The number of non-ortho nitro benzene ring substituents is 1. The predicted octanol–water partition coefficient (Wildman–Crippen LogP) is 4.63. The van der Waals surface area contributed by atoms with Gasteiger partial charge >= 0.3 is 5.97 Å². The lowest BCUT2D eigenvalue weighted by Crippen LogP contribution is -2.00. The molecular formula is C22H18N2O6. The summed E-state index contributed by atoms with van der Waals surface area (Å²) >= 11 is 0. The van der Waals surface area contributed by atoms with Gasteiger partial charge in [-0.25, -0.2) is 4.79 Å². The highest BCUT2D eigenvalue weighted by Gasteiger charge is 2.11. The van der Waals surface area contributed by atoms with Gasteiger partial charge in [-0.1, -0.05) is 24.3 Å². The average molecular weight is 406 g/mol. The topological polar surface area (TPSA) is 111 Å². The molecule has 0 fully saturated rings. The lowest BCUT2D eigenvalue weighted by molar-refractivity contribution is -0.384. The SMILES string of the molecule is COc1ccc([N+](=O)[O-])cc1N=Cc1ccccc1OCc1ccc(C(=O)O)cc1. The summed E-state index contributed by atoms with van der Waals surface area (Å²) in [6, 6.07) is 17.8. The van der Waals surface area contributed by atoms with Gasteiger partial charge in [0.25, 0.3) is 5.69 Å². The third kappa shape index (κ3) is 4.99. The molecule has 1 N–H and O–H groups in total. The Labute approximate surface area is 172 Å². The lowest BCUT2D eigenvalue weighted by Gasteiger charge is -2.09. The number of carbonyl (C=O) groups is 1. The molecule has 0 saturated carbocycles. The van der Waals surface area contributed by atoms with Crippen LogP contribution < -0.4 is 9.47 Å². The van der Waals surface area contributed by atoms with Crippen LogP contribution in [-0.4, -0.2) is 29.3 Å². The second-order valence-electron chi connectivity index (χ2n) is 6.20. The monoisotopic (exact) mass is 406 g/mol. The second-order valence-corrected chi connectivity index (χ2v) is 6.20. The number of nitrogens with zero attached hydrogens (tertiary/aromatic N) is 2. The number of nitro benzene ring substituents is 1. The number of aliphatic imine (C=N–C) groups is 1. The van der Waals surface area contributed by atoms with Crippen molar-refractivity contribution in [1.29, 1.82) is 0 Å². The van der Waals surface area contributed by atoms with Crippen molar-refractivity contribution in [3.63, 3.8) is 0 Å². The Morgan fingerprint density at radius 1 is 1.10 bits per heavy atom. The number of nitro groups is 1. The van der Waals surface area contributed by atoms with Crippen molar-refractivity contribution in [2.24, 2.45) is 4.99 Å². The number of carboxylic acids is 1. The van der Waals surface area contributed by atoms with Gasteiger partial charge in [0.2, 0.25) is 0 Å². The minimum absolute atomic E-state index is 0.0858. The Morgan fingerprint density at radius 3 is 2.50 bits per heavy atom. The molecule has 3 aromatic carbocycles. The van der Waals surface area contributed by atoms with Crippen LogP contribution in [0, 0.1) is 10.1 Å². The highest BCUT2D eigenvalue weighted by Crippen LogP contribution is 2.31. The highest BCUT2D eigenvalue weighted by molar-refractivity contribution is 5.87. The van der Waals surface area contributed by atoms with E-state index in [-0.39, 0.29) is 17.9 Å². The summed E-state index contributed by atoms with van der Waals surface area (Å²) < 4.78 is 11.1. The van der Waals surface area contributed by atoms with E-state index in [0.717, 1.165) is 5.56 Å². The highest BCUT2D eigenvalue weighted by atomic mass is 16.6. The van der Waals surface area contributed by atoms with E-state index in [9.17, 15) is 14.9 Å². The van der Waals surface area contributed by atoms with Crippen LogP contribution in [0.25, 0.3) is 0 Å². The van der Waals surface area contributed by atoms with Crippen LogP contribution in [0.5, 0.6) is 11.5 Å². The van der Waals surface area contributed by atoms with Crippen molar-refractivity contribution in [2.75, 3.05) is 7.11 Å². The van der Waals surface area contributed by atoms with Gasteiger partial charge in [-0.15, -0.1) is 0 Å². The summed E-state index contributed by atoms with van der Waals surface area (Å²) in [5.74, 6) is -0.0117. The minimum Gasteiger partial charge on any atom is -0.494 e. The normalized spacial score (nSPS) is 10.7. The molecule has 0 unspecified atom stereocenters. The lowest BCUT2D eigenvalue weighted by atomic mass is 10.1. The molecule has 0 atom stereocenters. The van der Waals surface area contributed by atoms with E-state index >= 15 is 0 Å². The average Bonchev–Trinajstić information content (AvgIpc) is 2.76. The van der Waals surface area contributed by atoms with Gasteiger partial charge in [0.1, 0.15) is 23.8 Å². The Bertz CT molecular complexity index is 1090. The van der Waals surface area contributed by atoms with Crippen molar-refractivity contribution in [2.45, 2.75) is 6.61 Å². The van der Waals surface area contributed by atoms with Gasteiger partial charge in [-0.3, -0.25) is 15.1 Å². The van der Waals surface area contributed by atoms with E-state index in [4.69, 9.17) is 14.6 Å². The van der Waals surface area contributed by atoms with E-state index in [1.54, 1.807) is 30.5 Å². The van der Waals surface area contributed by atoms with Gasteiger partial charge in [0, 0.05) is 23.9 Å². The molecule has 0 aromatic heterocycles. The van der Waals surface area contributed by atoms with Gasteiger partial charge < -0.3 is 14.6 Å². The van der Waals surface area contributed by atoms with Crippen LogP contribution in [0.1, 0.15) is 21.5 Å². The Hall–Kier alpha value is -4.20. The molecule has 30 heavy (non-hydrogen) atoms. The van der Waals surface area contributed by atoms with Crippen LogP contribution in [0.2, 0.25) is 0 Å². The first-order valence-electron chi connectivity index (χ1n) is 8.88. The minimum atomic E-state index is -0.986. The standard InChI is InChI=1S/C22H18N2O6/c1-29-21-11-10-18(24(27)28)12-19(21)23-13-17-4-2-3-5-20(17)30-14-15-6-8-16(9-7-15)22(25)26/h2-13H,14H2,1H3,(H,25,26). The molecule has 0 heterocycles. The van der Waals surface area contributed by atoms with Crippen LogP contribution in [0.15, 0.2) is 71.7 Å². The Balaban J connectivity index is 1.79. The predicted molar refractivity (Wildman–Crippen MR) is 111 cm³/mol. The maximum Gasteiger partial charge on any atom is 0.335 e. The van der Waals surface area contributed by atoms with E-state index in [1.807, 2.05) is 12.1 Å². The van der Waals surface area contributed by atoms with E-state index in [0.29, 0.717) is 22.7 Å². The Morgan fingerprint density at radius 2 is 1.83 bits per heavy atom. The largest absolute Gasteiger partial charge is 0.494 e. The van der Waals surface area contributed by atoms with Gasteiger partial charge in [0.05, 0.1) is 17.6 Å². The first-order valence-corrected chi connectivity index (χ1v) is 8.88. The van der Waals surface area contributed by atoms with Crippen molar-refractivity contribution in [3.05, 3.63) is 93.5 Å². The maximum atomic E-state index is 11.0. The molecular weight excluding hydrogens is 388 g/mol. The number of carboxylic acid groups (broad SMARTS) is 1. The zero-order valence-corrected chi connectivity index (χ0v) is 16.0. The molecule has 3 rings (SSSR count). The molecule has 3 aromatic rings. The molecule has 8 heteroatoms. The summed E-state index contributed by atoms with van der Waals surface area (Å²) in [5.41, 5.74) is 1.93. The molecule has 0 bridgehead atoms. The zero-order chi connectivity index (χ0) is 21.5. The number of hydrogen-bond donors (Lipinski definition) is 1. The molecule has 152 valence electrons. The van der Waals surface area contributed by atoms with Crippen LogP contribution >= 0.6 is 0 Å². The van der Waals surface area contributed by atoms with E-state index in [1.165, 1.54) is 37.4 Å². The summed E-state index contributed by atoms with van der Waals surface area (Å²) in [4.78, 5) is 25.8.